The monoisotopic (exact) mass is 751 g/mol. The van der Waals surface area contributed by atoms with Crippen molar-refractivity contribution in [2.24, 2.45) is 0 Å². The molecule has 0 radical (unpaired) electrons. The molecule has 4 N–H and O–H groups in total. The fourth-order valence-corrected chi connectivity index (χ4v) is 5.32. The number of aliphatic hydroxyl groups is 1. The molecule has 11 nitrogen and oxygen atoms in total. The van der Waals surface area contributed by atoms with Crippen LogP contribution in [-0.2, 0) is 32.7 Å². The number of hydrogen-bond donors (Lipinski definition) is 4. The smallest absolute Gasteiger partial charge is 0.472 e. The van der Waals surface area contributed by atoms with Crippen molar-refractivity contribution >= 4 is 25.7 Å². The zero-order valence-corrected chi connectivity index (χ0v) is 32.5. The lowest BCUT2D eigenvalue weighted by atomic mass is 10.1. The van der Waals surface area contributed by atoms with E-state index in [1.165, 1.54) is 19.3 Å². The summed E-state index contributed by atoms with van der Waals surface area (Å²) >= 11 is 0. The molecular weight excluding hydrogens is 685 g/mol. The molecule has 12 heteroatoms. The van der Waals surface area contributed by atoms with Gasteiger partial charge in [-0.2, -0.15) is 0 Å². The van der Waals surface area contributed by atoms with Crippen LogP contribution in [0.1, 0.15) is 129 Å². The Morgan fingerprint density at radius 1 is 0.635 bits per heavy atom. The van der Waals surface area contributed by atoms with Gasteiger partial charge in [-0.25, -0.2) is 9.36 Å². The van der Waals surface area contributed by atoms with Crippen molar-refractivity contribution in [2.75, 3.05) is 19.8 Å². The summed E-state index contributed by atoms with van der Waals surface area (Å²) < 4.78 is 26.6. The summed E-state index contributed by atoms with van der Waals surface area (Å²) in [7, 11) is -4.76. The third-order valence-corrected chi connectivity index (χ3v) is 8.46. The minimum atomic E-state index is -4.76. The molecule has 0 bridgehead atoms. The molecule has 3 atom stereocenters. The Kier molecular flexibility index (Phi) is 32.9. The number of aliphatic carboxylic acids is 1. The maximum Gasteiger partial charge on any atom is 0.472 e. The number of aliphatic hydroxyl groups excluding tert-OH is 1. The van der Waals surface area contributed by atoms with Gasteiger partial charge in [0, 0.05) is 12.8 Å². The number of unbranched alkanes of at least 4 members (excludes halogenated alkanes) is 8. The molecule has 52 heavy (non-hydrogen) atoms. The largest absolute Gasteiger partial charge is 0.480 e. The highest BCUT2D eigenvalue weighted by Crippen LogP contribution is 2.43. The van der Waals surface area contributed by atoms with Crippen LogP contribution >= 0.6 is 7.82 Å². The zero-order chi connectivity index (χ0) is 38.5. The van der Waals surface area contributed by atoms with Crippen molar-refractivity contribution in [3.63, 3.8) is 0 Å². The van der Waals surface area contributed by atoms with Gasteiger partial charge in [0.25, 0.3) is 0 Å². The van der Waals surface area contributed by atoms with Crippen LogP contribution in [0.3, 0.4) is 0 Å². The molecule has 0 aromatic rings. The Morgan fingerprint density at radius 3 is 1.65 bits per heavy atom. The van der Waals surface area contributed by atoms with Gasteiger partial charge in [-0.15, -0.1) is 0 Å². The summed E-state index contributed by atoms with van der Waals surface area (Å²) in [6, 6.07) is -1.57. The Labute approximate surface area is 312 Å². The lowest BCUT2D eigenvalue weighted by Gasteiger charge is -2.18. The van der Waals surface area contributed by atoms with Gasteiger partial charge in [0.1, 0.15) is 12.7 Å². The van der Waals surface area contributed by atoms with E-state index in [0.717, 1.165) is 70.6 Å². The van der Waals surface area contributed by atoms with Crippen LogP contribution in [0, 0.1) is 0 Å². The first-order chi connectivity index (χ1) is 25.1. The van der Waals surface area contributed by atoms with E-state index in [4.69, 9.17) is 13.8 Å². The van der Waals surface area contributed by atoms with Crippen LogP contribution in [-0.4, -0.2) is 64.9 Å². The summed E-state index contributed by atoms with van der Waals surface area (Å²) in [5.74, 6) is -2.45. The maximum atomic E-state index is 12.3. The van der Waals surface area contributed by atoms with Gasteiger partial charge >= 0.3 is 19.8 Å². The second-order valence-electron chi connectivity index (χ2n) is 12.4. The van der Waals surface area contributed by atoms with Crippen LogP contribution < -0.4 is 5.32 Å². The van der Waals surface area contributed by atoms with E-state index in [1.807, 2.05) is 6.08 Å². The number of allylic oxidation sites excluding steroid dienone is 12. The summed E-state index contributed by atoms with van der Waals surface area (Å²) in [4.78, 5) is 45.5. The molecule has 0 saturated heterocycles. The average Bonchev–Trinajstić information content (AvgIpc) is 3.11. The molecule has 1 amide bonds. The van der Waals surface area contributed by atoms with Crippen LogP contribution in [0.15, 0.2) is 72.9 Å². The molecule has 0 aliphatic heterocycles. The Morgan fingerprint density at radius 2 is 1.12 bits per heavy atom. The van der Waals surface area contributed by atoms with Crippen LogP contribution in [0.2, 0.25) is 0 Å². The Hall–Kier alpha value is -3.08. The van der Waals surface area contributed by atoms with E-state index in [0.29, 0.717) is 12.8 Å². The Bertz CT molecular complexity index is 1160. The average molecular weight is 752 g/mol. The lowest BCUT2D eigenvalue weighted by molar-refractivity contribution is -0.147. The first kappa shape index (κ1) is 48.9. The Balaban J connectivity index is 4.07. The van der Waals surface area contributed by atoms with Crippen LogP contribution in [0.25, 0.3) is 0 Å². The predicted molar refractivity (Wildman–Crippen MR) is 208 cm³/mol. The molecule has 0 rings (SSSR count). The third kappa shape index (κ3) is 34.0. The van der Waals surface area contributed by atoms with Crippen molar-refractivity contribution in [1.29, 1.82) is 0 Å². The standard InChI is InChI=1S/C40H66NO10P/c1-3-5-7-9-11-12-13-14-15-16-17-18-19-20-21-22-23-24-26-27-29-31-38(43)41-37(40(45)46)35-51-52(47,48)50-34-36(42)33-49-39(44)32-30-28-25-10-8-6-4-2/h5,7,11-12,14-15,17-18,20-21,23-24,36-37,42H,3-4,6,8-10,13,16,19,22,25-35H2,1-2H3,(H,41,43)(H,45,46)(H,47,48)/b7-5-,12-11-,15-14-,18-17-,21-20-,24-23-. The number of carboxylic acid groups (broad SMARTS) is 1. The van der Waals surface area contributed by atoms with Gasteiger partial charge in [0.05, 0.1) is 13.2 Å². The lowest BCUT2D eigenvalue weighted by Crippen LogP contribution is -2.43. The number of hydrogen-bond acceptors (Lipinski definition) is 8. The van der Waals surface area contributed by atoms with E-state index in [2.05, 4.69) is 86.0 Å². The van der Waals surface area contributed by atoms with Crippen molar-refractivity contribution in [3.05, 3.63) is 72.9 Å². The van der Waals surface area contributed by atoms with Gasteiger partial charge in [-0.1, -0.05) is 125 Å². The number of amides is 1. The molecule has 296 valence electrons. The van der Waals surface area contributed by atoms with E-state index in [9.17, 15) is 34.1 Å². The minimum Gasteiger partial charge on any atom is -0.480 e. The highest BCUT2D eigenvalue weighted by molar-refractivity contribution is 7.47. The molecule has 0 aliphatic rings. The normalized spacial score (nSPS) is 14.7. The first-order valence-corrected chi connectivity index (χ1v) is 20.5. The van der Waals surface area contributed by atoms with Crippen LogP contribution in [0.4, 0.5) is 0 Å². The minimum absolute atomic E-state index is 0.0869. The summed E-state index contributed by atoms with van der Waals surface area (Å²) in [6.45, 7) is 2.35. The molecule has 0 aliphatic carbocycles. The zero-order valence-electron chi connectivity index (χ0n) is 31.6. The summed E-state index contributed by atoms with van der Waals surface area (Å²) in [5.41, 5.74) is 0. The van der Waals surface area contributed by atoms with Crippen molar-refractivity contribution < 1.29 is 47.8 Å². The summed E-state index contributed by atoms with van der Waals surface area (Å²) in [5, 5.41) is 21.6. The topological polar surface area (TPSA) is 169 Å². The molecule has 0 spiro atoms. The number of phosphoric ester groups is 1. The van der Waals surface area contributed by atoms with Gasteiger partial charge in [-0.3, -0.25) is 18.6 Å². The van der Waals surface area contributed by atoms with Crippen molar-refractivity contribution in [3.8, 4) is 0 Å². The van der Waals surface area contributed by atoms with E-state index >= 15 is 0 Å². The van der Waals surface area contributed by atoms with E-state index in [-0.39, 0.29) is 12.8 Å². The van der Waals surface area contributed by atoms with Crippen LogP contribution in [0.5, 0.6) is 0 Å². The molecule has 0 saturated carbocycles. The molecule has 0 aromatic heterocycles. The SMILES string of the molecule is CC/C=C\C/C=C\C/C=C\C/C=C\C/C=C\C/C=C\CCCCC(=O)NC(COP(=O)(O)OCC(O)COC(=O)CCCCCCCCC)C(=O)O. The number of esters is 1. The van der Waals surface area contributed by atoms with Gasteiger partial charge in [0.2, 0.25) is 5.91 Å². The molecular formula is C40H66NO10P. The fourth-order valence-electron chi connectivity index (χ4n) is 4.55. The predicted octanol–water partition coefficient (Wildman–Crippen LogP) is 8.99. The second-order valence-corrected chi connectivity index (χ2v) is 13.8. The number of carboxylic acids is 1. The first-order valence-electron chi connectivity index (χ1n) is 19.0. The molecule has 0 fully saturated rings. The number of carbonyl (C=O) groups excluding carboxylic acids is 2. The summed E-state index contributed by atoms with van der Waals surface area (Å²) in [6.07, 6.45) is 39.6. The quantitative estimate of drug-likeness (QED) is 0.0216. The third-order valence-electron chi connectivity index (χ3n) is 7.51. The number of carbonyl (C=O) groups is 3. The number of ether oxygens (including phenoxy) is 1. The fraction of sp³-hybridized carbons (Fsp3) is 0.625. The highest BCUT2D eigenvalue weighted by atomic mass is 31.2. The highest BCUT2D eigenvalue weighted by Gasteiger charge is 2.28. The second kappa shape index (κ2) is 35.0. The molecule has 0 aromatic carbocycles. The molecule has 0 heterocycles. The van der Waals surface area contributed by atoms with Crippen molar-refractivity contribution in [1.82, 2.24) is 5.32 Å². The van der Waals surface area contributed by atoms with Gasteiger partial charge in [-0.05, 0) is 64.2 Å². The van der Waals surface area contributed by atoms with E-state index < -0.39 is 57.6 Å². The maximum absolute atomic E-state index is 12.3. The van der Waals surface area contributed by atoms with E-state index in [1.54, 1.807) is 0 Å². The number of nitrogens with one attached hydrogen (secondary N) is 1. The van der Waals surface area contributed by atoms with Gasteiger partial charge in [0.15, 0.2) is 6.04 Å². The number of phosphoric acid groups is 1. The van der Waals surface area contributed by atoms with Gasteiger partial charge < -0.3 is 25.2 Å². The molecule has 3 unspecified atom stereocenters. The number of rotatable bonds is 34. The van der Waals surface area contributed by atoms with Crippen molar-refractivity contribution in [2.45, 2.75) is 142 Å².